The van der Waals surface area contributed by atoms with Crippen molar-refractivity contribution >= 4 is 23.4 Å². The van der Waals surface area contributed by atoms with E-state index in [1.807, 2.05) is 36.5 Å². The Hall–Kier alpha value is -3.60. The average Bonchev–Trinajstić information content (AvgIpc) is 3.42. The largest absolute Gasteiger partial charge is 0.379 e. The Morgan fingerprint density at radius 1 is 0.947 bits per heavy atom. The van der Waals surface area contributed by atoms with Gasteiger partial charge in [0.25, 0.3) is 5.91 Å². The summed E-state index contributed by atoms with van der Waals surface area (Å²) in [5.41, 5.74) is 4.54. The Kier molecular flexibility index (Phi) is 7.43. The molecule has 198 valence electrons. The number of hydrogen-bond donors (Lipinski definition) is 1. The second kappa shape index (κ2) is 11.4. The van der Waals surface area contributed by atoms with Crippen LogP contribution >= 0.6 is 0 Å². The minimum atomic E-state index is -0.0730. The Morgan fingerprint density at radius 2 is 1.76 bits per heavy atom. The highest BCUT2D eigenvalue weighted by atomic mass is 16.5. The van der Waals surface area contributed by atoms with E-state index in [1.54, 1.807) is 6.20 Å². The number of nitrogens with zero attached hydrogens (tertiary/aromatic N) is 6. The second-order valence-electron chi connectivity index (χ2n) is 9.68. The van der Waals surface area contributed by atoms with Crippen LogP contribution in [-0.4, -0.2) is 98.0 Å². The number of amides is 1. The molecule has 3 aliphatic rings. The summed E-state index contributed by atoms with van der Waals surface area (Å²) in [6.45, 7) is 8.36. The number of pyridine rings is 1. The molecule has 38 heavy (non-hydrogen) atoms. The van der Waals surface area contributed by atoms with E-state index in [-0.39, 0.29) is 5.91 Å². The summed E-state index contributed by atoms with van der Waals surface area (Å²) in [5.74, 6) is 1.53. The van der Waals surface area contributed by atoms with E-state index in [1.165, 1.54) is 0 Å². The van der Waals surface area contributed by atoms with Gasteiger partial charge in [0.1, 0.15) is 5.82 Å². The third-order valence-electron chi connectivity index (χ3n) is 7.28. The lowest BCUT2D eigenvalue weighted by molar-refractivity contribution is 0.0383. The lowest BCUT2D eigenvalue weighted by Gasteiger charge is -2.28. The number of anilines is 3. The van der Waals surface area contributed by atoms with Gasteiger partial charge in [0, 0.05) is 68.7 Å². The molecule has 10 heteroatoms. The number of ether oxygens (including phenoxy) is 2. The van der Waals surface area contributed by atoms with Crippen molar-refractivity contribution in [2.75, 3.05) is 82.0 Å². The van der Waals surface area contributed by atoms with Crippen LogP contribution in [0.25, 0.3) is 11.3 Å². The molecule has 0 bridgehead atoms. The van der Waals surface area contributed by atoms with Crippen molar-refractivity contribution in [3.05, 3.63) is 59.9 Å². The number of fused-ring (bicyclic) bond motifs is 1. The van der Waals surface area contributed by atoms with E-state index in [4.69, 9.17) is 19.4 Å². The van der Waals surface area contributed by atoms with Crippen LogP contribution in [-0.2, 0) is 15.9 Å². The first kappa shape index (κ1) is 24.7. The molecule has 10 nitrogen and oxygen atoms in total. The highest BCUT2D eigenvalue weighted by Gasteiger charge is 2.29. The Balaban J connectivity index is 1.28. The summed E-state index contributed by atoms with van der Waals surface area (Å²) in [6, 6.07) is 11.8. The minimum absolute atomic E-state index is 0.0730. The van der Waals surface area contributed by atoms with Crippen LogP contribution in [0.5, 0.6) is 0 Å². The molecule has 3 aliphatic heterocycles. The molecule has 1 N–H and O–H groups in total. The van der Waals surface area contributed by atoms with Gasteiger partial charge in [-0.25, -0.2) is 4.98 Å². The fraction of sp³-hybridized carbons (Fsp3) is 0.429. The van der Waals surface area contributed by atoms with Crippen LogP contribution < -0.4 is 15.1 Å². The van der Waals surface area contributed by atoms with Gasteiger partial charge < -0.3 is 24.6 Å². The summed E-state index contributed by atoms with van der Waals surface area (Å²) in [7, 11) is 0. The summed E-state index contributed by atoms with van der Waals surface area (Å²) in [6.07, 6.45) is 4.47. The summed E-state index contributed by atoms with van der Waals surface area (Å²) >= 11 is 0. The summed E-state index contributed by atoms with van der Waals surface area (Å²) < 4.78 is 11.0. The monoisotopic (exact) mass is 515 g/mol. The van der Waals surface area contributed by atoms with E-state index in [9.17, 15) is 4.79 Å². The molecule has 0 unspecified atom stereocenters. The predicted molar refractivity (Wildman–Crippen MR) is 145 cm³/mol. The van der Waals surface area contributed by atoms with Gasteiger partial charge in [0.2, 0.25) is 5.95 Å². The Bertz CT molecular complexity index is 1260. The van der Waals surface area contributed by atoms with Gasteiger partial charge in [-0.2, -0.15) is 4.98 Å². The lowest BCUT2D eigenvalue weighted by Crippen LogP contribution is -2.41. The van der Waals surface area contributed by atoms with E-state index in [0.717, 1.165) is 87.2 Å². The highest BCUT2D eigenvalue weighted by Crippen LogP contribution is 2.39. The smallest absolute Gasteiger partial charge is 0.251 e. The molecule has 2 aromatic heterocycles. The molecule has 0 saturated carbocycles. The molecule has 0 spiro atoms. The van der Waals surface area contributed by atoms with E-state index >= 15 is 0 Å². The topological polar surface area (TPSA) is 96.0 Å². The molecule has 0 atom stereocenters. The molecule has 1 aromatic carbocycles. The zero-order chi connectivity index (χ0) is 25.7. The van der Waals surface area contributed by atoms with Crippen molar-refractivity contribution in [3.63, 3.8) is 0 Å². The number of morpholine rings is 2. The number of nitrogens with one attached hydrogen (secondary N) is 1. The van der Waals surface area contributed by atoms with Crippen molar-refractivity contribution in [2.24, 2.45) is 0 Å². The zero-order valence-electron chi connectivity index (χ0n) is 21.5. The third-order valence-corrected chi connectivity index (χ3v) is 7.28. The fourth-order valence-electron chi connectivity index (χ4n) is 5.21. The minimum Gasteiger partial charge on any atom is -0.379 e. The average molecular weight is 516 g/mol. The summed E-state index contributed by atoms with van der Waals surface area (Å²) in [5, 5.41) is 3.08. The zero-order valence-corrected chi connectivity index (χ0v) is 21.5. The molecule has 3 aromatic rings. The first-order valence-corrected chi connectivity index (χ1v) is 13.4. The van der Waals surface area contributed by atoms with Crippen molar-refractivity contribution < 1.29 is 14.3 Å². The standard InChI is InChI=1S/C28H33N7O3/c36-27(30-8-10-33-11-15-37-16-12-33)22-4-1-3-21(19-22)25-24-6-9-35(23-5-2-7-29-20-23)26(24)32-28(31-25)34-13-17-38-18-14-34/h1-5,7,19-20H,6,8-18H2,(H,30,36). The molecule has 5 heterocycles. The van der Waals surface area contributed by atoms with Crippen molar-refractivity contribution in [2.45, 2.75) is 6.42 Å². The van der Waals surface area contributed by atoms with Gasteiger partial charge in [-0.15, -0.1) is 0 Å². The number of benzene rings is 1. The van der Waals surface area contributed by atoms with E-state index in [2.05, 4.69) is 31.1 Å². The number of carbonyl (C=O) groups excluding carboxylic acids is 1. The lowest BCUT2D eigenvalue weighted by atomic mass is 10.0. The number of hydrogen-bond acceptors (Lipinski definition) is 9. The van der Waals surface area contributed by atoms with Crippen molar-refractivity contribution in [3.8, 4) is 11.3 Å². The van der Waals surface area contributed by atoms with Crippen LogP contribution in [0.2, 0.25) is 0 Å². The Morgan fingerprint density at radius 3 is 2.55 bits per heavy atom. The summed E-state index contributed by atoms with van der Waals surface area (Å²) in [4.78, 5) is 34.1. The molecular weight excluding hydrogens is 482 g/mol. The molecule has 2 fully saturated rings. The highest BCUT2D eigenvalue weighted by molar-refractivity contribution is 5.95. The molecule has 0 aliphatic carbocycles. The van der Waals surface area contributed by atoms with Gasteiger partial charge >= 0.3 is 0 Å². The number of carbonyl (C=O) groups is 1. The van der Waals surface area contributed by atoms with E-state index in [0.29, 0.717) is 31.3 Å². The molecule has 1 amide bonds. The predicted octanol–water partition coefficient (Wildman–Crippen LogP) is 2.13. The quantitative estimate of drug-likeness (QED) is 0.508. The van der Waals surface area contributed by atoms with Crippen LogP contribution in [0.4, 0.5) is 17.5 Å². The first-order chi connectivity index (χ1) is 18.8. The maximum absolute atomic E-state index is 13.0. The molecule has 2 saturated heterocycles. The van der Waals surface area contributed by atoms with Crippen LogP contribution in [0.3, 0.4) is 0 Å². The van der Waals surface area contributed by atoms with Crippen LogP contribution in [0.15, 0.2) is 48.8 Å². The first-order valence-electron chi connectivity index (χ1n) is 13.4. The van der Waals surface area contributed by atoms with Crippen LogP contribution in [0.1, 0.15) is 15.9 Å². The Labute approximate surface area is 222 Å². The molecular formula is C28H33N7O3. The SMILES string of the molecule is O=C(NCCN1CCOCC1)c1cccc(-c2nc(N3CCOCC3)nc3c2CCN3c2cccnc2)c1. The number of rotatable bonds is 7. The van der Waals surface area contributed by atoms with Crippen LogP contribution in [0, 0.1) is 0 Å². The third kappa shape index (κ3) is 5.33. The normalized spacial score (nSPS) is 17.9. The van der Waals surface area contributed by atoms with Gasteiger partial charge in [0.05, 0.1) is 44.0 Å². The maximum Gasteiger partial charge on any atom is 0.251 e. The van der Waals surface area contributed by atoms with Crippen molar-refractivity contribution in [1.82, 2.24) is 25.2 Å². The van der Waals surface area contributed by atoms with Gasteiger partial charge in [-0.1, -0.05) is 12.1 Å². The van der Waals surface area contributed by atoms with Gasteiger partial charge in [0.15, 0.2) is 0 Å². The molecule has 6 rings (SSSR count). The number of aromatic nitrogens is 3. The van der Waals surface area contributed by atoms with Gasteiger partial charge in [-0.3, -0.25) is 14.7 Å². The molecule has 0 radical (unpaired) electrons. The van der Waals surface area contributed by atoms with Crippen molar-refractivity contribution in [1.29, 1.82) is 0 Å². The fourth-order valence-corrected chi connectivity index (χ4v) is 5.21. The second-order valence-corrected chi connectivity index (χ2v) is 9.68. The maximum atomic E-state index is 13.0. The van der Waals surface area contributed by atoms with Gasteiger partial charge in [-0.05, 0) is 30.7 Å². The van der Waals surface area contributed by atoms with E-state index < -0.39 is 0 Å².